The highest BCUT2D eigenvalue weighted by Crippen LogP contribution is 2.31. The molecule has 1 saturated heterocycles. The van der Waals surface area contributed by atoms with E-state index in [-0.39, 0.29) is 11.8 Å². The van der Waals surface area contributed by atoms with Crippen molar-refractivity contribution in [3.63, 3.8) is 0 Å². The Hall–Kier alpha value is -2.71. The second-order valence-electron chi connectivity index (χ2n) is 7.42. The third kappa shape index (κ3) is 3.65. The van der Waals surface area contributed by atoms with Gasteiger partial charge in [0.05, 0.1) is 22.2 Å². The lowest BCUT2D eigenvalue weighted by molar-refractivity contribution is 0.0964. The molecule has 1 aliphatic heterocycles. The number of amides is 1. The topological polar surface area (TPSA) is 83.8 Å². The first-order chi connectivity index (χ1) is 13.9. The average molecular weight is 413 g/mol. The monoisotopic (exact) mass is 412 g/mol. The molecule has 0 bridgehead atoms. The predicted octanol–water partition coefficient (Wildman–Crippen LogP) is 2.57. The summed E-state index contributed by atoms with van der Waals surface area (Å²) < 4.78 is 29.1. The normalized spacial score (nSPS) is 16.2. The van der Waals surface area contributed by atoms with E-state index in [9.17, 15) is 13.2 Å². The number of aromatic nitrogens is 2. The van der Waals surface area contributed by atoms with E-state index in [0.717, 1.165) is 29.5 Å². The van der Waals surface area contributed by atoms with Gasteiger partial charge in [-0.15, -0.1) is 0 Å². The van der Waals surface area contributed by atoms with Crippen molar-refractivity contribution in [1.82, 2.24) is 19.2 Å². The van der Waals surface area contributed by atoms with Gasteiger partial charge in [-0.2, -0.15) is 9.40 Å². The van der Waals surface area contributed by atoms with E-state index in [4.69, 9.17) is 0 Å². The number of nitrogens with one attached hydrogen (secondary N) is 1. The Morgan fingerprint density at radius 2 is 1.83 bits per heavy atom. The number of nitrogens with zero attached hydrogens (tertiary/aromatic N) is 3. The molecule has 0 spiro atoms. The minimum atomic E-state index is -3.47. The number of piperidine rings is 1. The van der Waals surface area contributed by atoms with Gasteiger partial charge in [-0.1, -0.05) is 17.7 Å². The van der Waals surface area contributed by atoms with E-state index in [1.807, 2.05) is 37.4 Å². The first-order valence-electron chi connectivity index (χ1n) is 9.66. The molecule has 8 heteroatoms. The van der Waals surface area contributed by atoms with E-state index < -0.39 is 10.0 Å². The van der Waals surface area contributed by atoms with Crippen LogP contribution < -0.4 is 5.32 Å². The summed E-state index contributed by atoms with van der Waals surface area (Å²) in [5.74, 6) is 0.0769. The molecule has 0 aliphatic carbocycles. The van der Waals surface area contributed by atoms with Gasteiger partial charge in [-0.25, -0.2) is 12.9 Å². The van der Waals surface area contributed by atoms with Crippen LogP contribution >= 0.6 is 0 Å². The van der Waals surface area contributed by atoms with Gasteiger partial charge < -0.3 is 5.32 Å². The van der Waals surface area contributed by atoms with Gasteiger partial charge >= 0.3 is 0 Å². The number of carbonyl (C=O) groups excluding carboxylic acids is 1. The highest BCUT2D eigenvalue weighted by atomic mass is 32.2. The summed E-state index contributed by atoms with van der Waals surface area (Å²) >= 11 is 0. The van der Waals surface area contributed by atoms with Crippen LogP contribution in [0.5, 0.6) is 0 Å². The summed E-state index contributed by atoms with van der Waals surface area (Å²) in [6.07, 6.45) is 4.90. The highest BCUT2D eigenvalue weighted by molar-refractivity contribution is 7.89. The summed E-state index contributed by atoms with van der Waals surface area (Å²) in [5.41, 5.74) is 3.44. The molecule has 1 amide bonds. The van der Waals surface area contributed by atoms with Crippen LogP contribution in [0.2, 0.25) is 0 Å². The van der Waals surface area contributed by atoms with E-state index in [2.05, 4.69) is 10.4 Å². The number of hydrogen-bond acceptors (Lipinski definition) is 4. The van der Waals surface area contributed by atoms with Gasteiger partial charge in [0.2, 0.25) is 10.0 Å². The van der Waals surface area contributed by atoms with Crippen molar-refractivity contribution in [3.8, 4) is 0 Å². The maximum atomic E-state index is 12.9. The third-order valence-electron chi connectivity index (χ3n) is 5.60. The lowest BCUT2D eigenvalue weighted by atomic mass is 9.90. The number of aryl methyl sites for hydroxylation is 1. The molecule has 2 aromatic heterocycles. The van der Waals surface area contributed by atoms with Crippen LogP contribution in [0.15, 0.2) is 53.7 Å². The summed E-state index contributed by atoms with van der Waals surface area (Å²) in [4.78, 5) is 12.4. The molecule has 1 aliphatic rings. The second kappa shape index (κ2) is 7.61. The van der Waals surface area contributed by atoms with Crippen molar-refractivity contribution < 1.29 is 13.2 Å². The number of fused-ring (bicyclic) bond motifs is 1. The Labute approximate surface area is 170 Å². The summed E-state index contributed by atoms with van der Waals surface area (Å²) in [6.45, 7) is 2.90. The average Bonchev–Trinajstić information content (AvgIpc) is 3.17. The van der Waals surface area contributed by atoms with Crippen LogP contribution in [0.3, 0.4) is 0 Å². The highest BCUT2D eigenvalue weighted by Gasteiger charge is 2.30. The van der Waals surface area contributed by atoms with Gasteiger partial charge in [0.1, 0.15) is 0 Å². The number of sulfonamides is 1. The van der Waals surface area contributed by atoms with Gasteiger partial charge in [0.25, 0.3) is 5.91 Å². The zero-order valence-electron chi connectivity index (χ0n) is 16.5. The number of rotatable bonds is 4. The fourth-order valence-electron chi connectivity index (χ4n) is 3.85. The molecular formula is C21H24N4O3S. The molecule has 0 radical (unpaired) electrons. The first kappa shape index (κ1) is 19.6. The molecule has 152 valence electrons. The molecule has 1 N–H and O–H groups in total. The minimum Gasteiger partial charge on any atom is -0.355 e. The number of carbonyl (C=O) groups is 1. The Balaban J connectivity index is 1.52. The molecule has 1 fully saturated rings. The molecule has 1 aromatic carbocycles. The molecule has 3 heterocycles. The van der Waals surface area contributed by atoms with E-state index in [1.165, 1.54) is 0 Å². The van der Waals surface area contributed by atoms with Crippen molar-refractivity contribution in [2.24, 2.45) is 0 Å². The number of hydrogen-bond donors (Lipinski definition) is 1. The third-order valence-corrected chi connectivity index (χ3v) is 7.51. The Bertz CT molecular complexity index is 1140. The largest absolute Gasteiger partial charge is 0.355 e. The maximum absolute atomic E-state index is 12.9. The SMILES string of the molecule is CNC(=O)c1cnn2ccc(C3CCN(S(=O)(=O)c4ccc(C)cc4)CC3)cc12. The first-order valence-corrected chi connectivity index (χ1v) is 11.1. The second-order valence-corrected chi connectivity index (χ2v) is 9.36. The van der Waals surface area contributed by atoms with Crippen molar-refractivity contribution in [2.45, 2.75) is 30.6 Å². The van der Waals surface area contributed by atoms with Gasteiger partial charge in [0.15, 0.2) is 0 Å². The standard InChI is InChI=1S/C21H24N4O3S/c1-15-3-5-18(6-4-15)29(27,28)24-10-7-16(8-11-24)17-9-12-25-20(13-17)19(14-23-25)21(26)22-2/h3-6,9,12-14,16H,7-8,10-11H2,1-2H3,(H,22,26). The van der Waals surface area contributed by atoms with Gasteiger partial charge in [0, 0.05) is 26.3 Å². The predicted molar refractivity (Wildman–Crippen MR) is 110 cm³/mol. The van der Waals surface area contributed by atoms with E-state index in [0.29, 0.717) is 23.5 Å². The molecule has 7 nitrogen and oxygen atoms in total. The number of pyridine rings is 1. The minimum absolute atomic E-state index is 0.170. The van der Waals surface area contributed by atoms with E-state index in [1.54, 1.807) is 34.2 Å². The lowest BCUT2D eigenvalue weighted by Gasteiger charge is -2.31. The van der Waals surface area contributed by atoms with Gasteiger partial charge in [-0.05, 0) is 55.5 Å². The number of benzene rings is 1. The van der Waals surface area contributed by atoms with Crippen molar-refractivity contribution >= 4 is 21.4 Å². The molecule has 0 unspecified atom stereocenters. The van der Waals surface area contributed by atoms with Crippen LogP contribution in [0, 0.1) is 6.92 Å². The zero-order chi connectivity index (χ0) is 20.6. The molecule has 0 saturated carbocycles. The molecular weight excluding hydrogens is 388 g/mol. The molecule has 3 aromatic rings. The smallest absolute Gasteiger partial charge is 0.254 e. The Kier molecular flexibility index (Phi) is 5.14. The zero-order valence-corrected chi connectivity index (χ0v) is 17.3. The van der Waals surface area contributed by atoms with Crippen molar-refractivity contribution in [3.05, 3.63) is 65.5 Å². The summed E-state index contributed by atoms with van der Waals surface area (Å²) in [6, 6.07) is 11.0. The summed E-state index contributed by atoms with van der Waals surface area (Å²) in [5, 5.41) is 6.86. The van der Waals surface area contributed by atoms with Crippen LogP contribution in [-0.2, 0) is 10.0 Å². The van der Waals surface area contributed by atoms with Crippen molar-refractivity contribution in [1.29, 1.82) is 0 Å². The molecule has 4 rings (SSSR count). The van der Waals surface area contributed by atoms with Crippen LogP contribution in [0.25, 0.3) is 5.52 Å². The maximum Gasteiger partial charge on any atom is 0.254 e. The Morgan fingerprint density at radius 1 is 1.14 bits per heavy atom. The van der Waals surface area contributed by atoms with Crippen molar-refractivity contribution in [2.75, 3.05) is 20.1 Å². The van der Waals surface area contributed by atoms with Crippen LogP contribution in [-0.4, -0.2) is 48.4 Å². The Morgan fingerprint density at radius 3 is 2.48 bits per heavy atom. The fourth-order valence-corrected chi connectivity index (χ4v) is 5.32. The van der Waals surface area contributed by atoms with Gasteiger partial charge in [-0.3, -0.25) is 4.79 Å². The van der Waals surface area contributed by atoms with Crippen LogP contribution in [0.4, 0.5) is 0 Å². The lowest BCUT2D eigenvalue weighted by Crippen LogP contribution is -2.37. The quantitative estimate of drug-likeness (QED) is 0.714. The molecule has 29 heavy (non-hydrogen) atoms. The summed E-state index contributed by atoms with van der Waals surface area (Å²) in [7, 11) is -1.87. The fraction of sp³-hybridized carbons (Fsp3) is 0.333. The van der Waals surface area contributed by atoms with Crippen LogP contribution in [0.1, 0.15) is 40.2 Å². The van der Waals surface area contributed by atoms with E-state index >= 15 is 0 Å². The molecule has 0 atom stereocenters.